The van der Waals surface area contributed by atoms with Crippen molar-refractivity contribution in [3.8, 4) is 0 Å². The van der Waals surface area contributed by atoms with Gasteiger partial charge in [-0.15, -0.1) is 11.8 Å². The number of carbonyl (C=O) groups is 2. The van der Waals surface area contributed by atoms with Gasteiger partial charge in [-0.1, -0.05) is 12.1 Å². The van der Waals surface area contributed by atoms with Crippen LogP contribution in [0.3, 0.4) is 0 Å². The van der Waals surface area contributed by atoms with E-state index in [1.54, 1.807) is 29.0 Å². The third kappa shape index (κ3) is 3.30. The molecular formula is C14H17FN2O2S. The molecule has 2 rings (SSSR count). The molecule has 20 heavy (non-hydrogen) atoms. The summed E-state index contributed by atoms with van der Waals surface area (Å²) >= 11 is 1.51. The van der Waals surface area contributed by atoms with Crippen LogP contribution in [0, 0.1) is 5.82 Å². The first-order valence-electron chi connectivity index (χ1n) is 6.35. The lowest BCUT2D eigenvalue weighted by Crippen LogP contribution is -2.40. The minimum Gasteiger partial charge on any atom is -0.337 e. The number of rotatable bonds is 4. The highest BCUT2D eigenvalue weighted by Gasteiger charge is 2.26. The van der Waals surface area contributed by atoms with Crippen LogP contribution in [0.2, 0.25) is 0 Å². The van der Waals surface area contributed by atoms with Gasteiger partial charge in [0.05, 0.1) is 17.7 Å². The monoisotopic (exact) mass is 296 g/mol. The standard InChI is InChI=1S/C14H17FN2O2S/c1-10(11-3-5-12(15)6-4-11)16(2)13(18)7-17-9-20-8-14(17)19/h3-6,10H,7-9H2,1-2H3. The van der Waals surface area contributed by atoms with Crippen molar-refractivity contribution in [1.82, 2.24) is 9.80 Å². The van der Waals surface area contributed by atoms with Crippen LogP contribution in [-0.4, -0.2) is 46.8 Å². The number of thioether (sulfide) groups is 1. The van der Waals surface area contributed by atoms with Gasteiger partial charge in [0.15, 0.2) is 0 Å². The Bertz CT molecular complexity index is 506. The van der Waals surface area contributed by atoms with E-state index in [4.69, 9.17) is 0 Å². The van der Waals surface area contributed by atoms with E-state index in [1.807, 2.05) is 6.92 Å². The van der Waals surface area contributed by atoms with Gasteiger partial charge in [0.25, 0.3) is 0 Å². The maximum absolute atomic E-state index is 12.9. The number of benzene rings is 1. The van der Waals surface area contributed by atoms with Crippen LogP contribution >= 0.6 is 11.8 Å². The van der Waals surface area contributed by atoms with Gasteiger partial charge >= 0.3 is 0 Å². The van der Waals surface area contributed by atoms with Crippen molar-refractivity contribution in [3.05, 3.63) is 35.6 Å². The van der Waals surface area contributed by atoms with Gasteiger partial charge in [0, 0.05) is 7.05 Å². The first-order valence-corrected chi connectivity index (χ1v) is 7.51. The lowest BCUT2D eigenvalue weighted by atomic mass is 10.1. The highest BCUT2D eigenvalue weighted by atomic mass is 32.2. The molecule has 4 nitrogen and oxygen atoms in total. The van der Waals surface area contributed by atoms with E-state index in [9.17, 15) is 14.0 Å². The molecule has 0 aromatic heterocycles. The van der Waals surface area contributed by atoms with Crippen molar-refractivity contribution in [2.75, 3.05) is 25.2 Å². The summed E-state index contributed by atoms with van der Waals surface area (Å²) in [5, 5.41) is 0. The summed E-state index contributed by atoms with van der Waals surface area (Å²) in [6, 6.07) is 5.94. The Hall–Kier alpha value is -1.56. The van der Waals surface area contributed by atoms with Crippen LogP contribution in [0.25, 0.3) is 0 Å². The summed E-state index contributed by atoms with van der Waals surface area (Å²) in [5.41, 5.74) is 0.865. The molecule has 1 fully saturated rings. The first-order chi connectivity index (χ1) is 9.49. The molecule has 108 valence electrons. The van der Waals surface area contributed by atoms with Crippen molar-refractivity contribution >= 4 is 23.6 Å². The number of amides is 2. The third-order valence-corrected chi connectivity index (χ3v) is 4.42. The molecule has 6 heteroatoms. The number of halogens is 1. The van der Waals surface area contributed by atoms with Gasteiger partial charge in [0.2, 0.25) is 11.8 Å². The molecule has 0 spiro atoms. The van der Waals surface area contributed by atoms with E-state index in [2.05, 4.69) is 0 Å². The molecule has 0 radical (unpaired) electrons. The van der Waals surface area contributed by atoms with Gasteiger partial charge in [-0.25, -0.2) is 4.39 Å². The Morgan fingerprint density at radius 1 is 1.45 bits per heavy atom. The van der Waals surface area contributed by atoms with Gasteiger partial charge in [-0.05, 0) is 24.6 Å². The molecule has 0 aliphatic carbocycles. The van der Waals surface area contributed by atoms with Crippen molar-refractivity contribution in [3.63, 3.8) is 0 Å². The second kappa shape index (κ2) is 6.26. The first kappa shape index (κ1) is 14.8. The summed E-state index contributed by atoms with van der Waals surface area (Å²) in [6.45, 7) is 1.99. The highest BCUT2D eigenvalue weighted by Crippen LogP contribution is 2.20. The molecule has 0 bridgehead atoms. The Balaban J connectivity index is 1.98. The fourth-order valence-electron chi connectivity index (χ4n) is 2.00. The quantitative estimate of drug-likeness (QED) is 0.852. The van der Waals surface area contributed by atoms with E-state index >= 15 is 0 Å². The summed E-state index contributed by atoms with van der Waals surface area (Å²) in [5.74, 6) is 0.617. The van der Waals surface area contributed by atoms with Gasteiger partial charge in [-0.2, -0.15) is 0 Å². The molecular weight excluding hydrogens is 279 g/mol. The zero-order valence-corrected chi connectivity index (χ0v) is 12.3. The maximum atomic E-state index is 12.9. The molecule has 1 heterocycles. The minimum atomic E-state index is -0.297. The lowest BCUT2D eigenvalue weighted by molar-refractivity contribution is -0.138. The van der Waals surface area contributed by atoms with Crippen LogP contribution in [-0.2, 0) is 9.59 Å². The highest BCUT2D eigenvalue weighted by molar-refractivity contribution is 8.00. The number of hydrogen-bond donors (Lipinski definition) is 0. The molecule has 1 aromatic rings. The van der Waals surface area contributed by atoms with E-state index in [0.717, 1.165) is 5.56 Å². The minimum absolute atomic E-state index is 0.00573. The summed E-state index contributed by atoms with van der Waals surface area (Å²) in [4.78, 5) is 26.8. The molecule has 0 N–H and O–H groups in total. The second-order valence-electron chi connectivity index (χ2n) is 4.80. The molecule has 2 amide bonds. The van der Waals surface area contributed by atoms with E-state index < -0.39 is 0 Å². The van der Waals surface area contributed by atoms with Crippen molar-refractivity contribution in [1.29, 1.82) is 0 Å². The Morgan fingerprint density at radius 3 is 2.65 bits per heavy atom. The summed E-state index contributed by atoms with van der Waals surface area (Å²) in [7, 11) is 1.70. The number of likely N-dealkylation sites (N-methyl/N-ethyl adjacent to an activating group) is 1. The fourth-order valence-corrected chi connectivity index (χ4v) is 2.90. The summed E-state index contributed by atoms with van der Waals surface area (Å²) in [6.07, 6.45) is 0. The SMILES string of the molecule is CC(c1ccc(F)cc1)N(C)C(=O)CN1CSCC1=O. The average Bonchev–Trinajstić information content (AvgIpc) is 2.83. The van der Waals surface area contributed by atoms with Gasteiger partial charge in [-0.3, -0.25) is 9.59 Å². The lowest BCUT2D eigenvalue weighted by Gasteiger charge is -2.27. The molecule has 1 atom stereocenters. The average molecular weight is 296 g/mol. The molecule has 1 saturated heterocycles. The molecule has 1 unspecified atom stereocenters. The molecule has 1 aliphatic rings. The third-order valence-electron chi connectivity index (χ3n) is 3.48. The zero-order chi connectivity index (χ0) is 14.7. The van der Waals surface area contributed by atoms with Crippen molar-refractivity contribution in [2.45, 2.75) is 13.0 Å². The second-order valence-corrected chi connectivity index (χ2v) is 5.76. The number of hydrogen-bond acceptors (Lipinski definition) is 3. The fraction of sp³-hybridized carbons (Fsp3) is 0.429. The Labute approximate surface area is 121 Å². The van der Waals surface area contributed by atoms with E-state index in [1.165, 1.54) is 23.9 Å². The zero-order valence-electron chi connectivity index (χ0n) is 11.5. The largest absolute Gasteiger partial charge is 0.337 e. The van der Waals surface area contributed by atoms with Crippen LogP contribution in [0.15, 0.2) is 24.3 Å². The topological polar surface area (TPSA) is 40.6 Å². The van der Waals surface area contributed by atoms with Gasteiger partial charge in [0.1, 0.15) is 12.4 Å². The van der Waals surface area contributed by atoms with E-state index in [0.29, 0.717) is 11.6 Å². The number of carbonyl (C=O) groups excluding carboxylic acids is 2. The van der Waals surface area contributed by atoms with Crippen molar-refractivity contribution < 1.29 is 14.0 Å². The van der Waals surface area contributed by atoms with Gasteiger partial charge < -0.3 is 9.80 Å². The maximum Gasteiger partial charge on any atom is 0.242 e. The smallest absolute Gasteiger partial charge is 0.242 e. The Kier molecular flexibility index (Phi) is 4.65. The van der Waals surface area contributed by atoms with E-state index in [-0.39, 0.29) is 30.2 Å². The normalized spacial score (nSPS) is 16.4. The van der Waals surface area contributed by atoms with Crippen LogP contribution < -0.4 is 0 Å². The van der Waals surface area contributed by atoms with Crippen molar-refractivity contribution in [2.24, 2.45) is 0 Å². The Morgan fingerprint density at radius 2 is 2.10 bits per heavy atom. The predicted octanol–water partition coefficient (Wildman–Crippen LogP) is 1.88. The van der Waals surface area contributed by atoms with Crippen LogP contribution in [0.5, 0.6) is 0 Å². The molecule has 1 aliphatic heterocycles. The summed E-state index contributed by atoms with van der Waals surface area (Å²) < 4.78 is 12.9. The van der Waals surface area contributed by atoms with Crippen LogP contribution in [0.4, 0.5) is 4.39 Å². The van der Waals surface area contributed by atoms with Crippen LogP contribution in [0.1, 0.15) is 18.5 Å². The molecule has 0 saturated carbocycles. The predicted molar refractivity (Wildman–Crippen MR) is 76.6 cm³/mol. The molecule has 1 aromatic carbocycles. The number of nitrogens with zero attached hydrogens (tertiary/aromatic N) is 2.